The van der Waals surface area contributed by atoms with E-state index in [1.165, 1.54) is 25.1 Å². The third kappa shape index (κ3) is 4.63. The number of carbonyl (C=O) groups is 3. The van der Waals surface area contributed by atoms with E-state index in [-0.39, 0.29) is 16.6 Å². The Kier molecular flexibility index (Phi) is 5.88. The van der Waals surface area contributed by atoms with Crippen LogP contribution in [0.4, 0.5) is 10.5 Å². The number of esters is 1. The Bertz CT molecular complexity index is 935. The Labute approximate surface area is 164 Å². The molecule has 2 aromatic rings. The van der Waals surface area contributed by atoms with Gasteiger partial charge in [-0.05, 0) is 31.9 Å². The van der Waals surface area contributed by atoms with E-state index in [1.807, 2.05) is 0 Å². The molecule has 0 bridgehead atoms. The third-order valence-corrected chi connectivity index (χ3v) is 5.59. The molecule has 3 amide bonds. The molecule has 148 valence electrons. The molecule has 3 rings (SSSR count). The van der Waals surface area contributed by atoms with Gasteiger partial charge in [0.05, 0.1) is 4.92 Å². The molecule has 0 radical (unpaired) electrons. The number of thiophene rings is 1. The summed E-state index contributed by atoms with van der Waals surface area (Å²) in [6, 6.07) is 5.21. The van der Waals surface area contributed by atoms with E-state index in [9.17, 15) is 24.5 Å². The number of nitrogens with one attached hydrogen (secondary N) is 2. The molecule has 1 aromatic carbocycles. The summed E-state index contributed by atoms with van der Waals surface area (Å²) in [5, 5.41) is 16.3. The van der Waals surface area contributed by atoms with Crippen LogP contribution in [0.5, 0.6) is 0 Å². The van der Waals surface area contributed by atoms with Crippen molar-refractivity contribution in [2.45, 2.75) is 44.8 Å². The zero-order valence-electron chi connectivity index (χ0n) is 15.1. The zero-order valence-corrected chi connectivity index (χ0v) is 15.9. The van der Waals surface area contributed by atoms with Crippen LogP contribution in [-0.2, 0) is 9.53 Å². The van der Waals surface area contributed by atoms with Gasteiger partial charge in [-0.25, -0.2) is 9.59 Å². The van der Waals surface area contributed by atoms with Crippen LogP contribution in [0.15, 0.2) is 24.3 Å². The zero-order chi connectivity index (χ0) is 20.3. The Morgan fingerprint density at radius 1 is 1.25 bits per heavy atom. The number of nitro groups is 1. The summed E-state index contributed by atoms with van der Waals surface area (Å²) in [7, 11) is 0. The van der Waals surface area contributed by atoms with Gasteiger partial charge in [-0.3, -0.25) is 20.2 Å². The van der Waals surface area contributed by atoms with Crippen molar-refractivity contribution in [2.24, 2.45) is 0 Å². The largest absolute Gasteiger partial charge is 0.448 e. The number of carbonyl (C=O) groups excluding carboxylic acids is 3. The van der Waals surface area contributed by atoms with Crippen molar-refractivity contribution in [3.05, 3.63) is 39.3 Å². The third-order valence-electron chi connectivity index (χ3n) is 4.49. The van der Waals surface area contributed by atoms with Crippen molar-refractivity contribution in [2.75, 3.05) is 0 Å². The number of nitro benzene ring substituents is 1. The molecule has 1 heterocycles. The number of amides is 3. The van der Waals surface area contributed by atoms with Crippen molar-refractivity contribution < 1.29 is 24.0 Å². The minimum absolute atomic E-state index is 0.0632. The first-order chi connectivity index (χ1) is 13.3. The molecule has 2 N–H and O–H groups in total. The number of nitrogens with zero attached hydrogens (tertiary/aromatic N) is 1. The number of ether oxygens (including phenoxy) is 1. The number of fused-ring (bicyclic) bond motifs is 1. The van der Waals surface area contributed by atoms with Crippen LogP contribution >= 0.6 is 11.3 Å². The average Bonchev–Trinajstić information content (AvgIpc) is 3.29. The number of non-ortho nitro benzene ring substituents is 1. The summed E-state index contributed by atoms with van der Waals surface area (Å²) >= 11 is 1.11. The fraction of sp³-hybridized carbons (Fsp3) is 0.389. The van der Waals surface area contributed by atoms with Crippen molar-refractivity contribution in [3.63, 3.8) is 0 Å². The number of imide groups is 1. The van der Waals surface area contributed by atoms with Crippen LogP contribution in [0, 0.1) is 10.1 Å². The predicted molar refractivity (Wildman–Crippen MR) is 102 cm³/mol. The van der Waals surface area contributed by atoms with E-state index in [4.69, 9.17) is 4.74 Å². The lowest BCUT2D eigenvalue weighted by atomic mass is 10.2. The second-order valence-electron chi connectivity index (χ2n) is 6.58. The topological polar surface area (TPSA) is 128 Å². The van der Waals surface area contributed by atoms with Gasteiger partial charge < -0.3 is 10.1 Å². The van der Waals surface area contributed by atoms with Crippen LogP contribution in [0.25, 0.3) is 10.1 Å². The van der Waals surface area contributed by atoms with Gasteiger partial charge in [0.25, 0.3) is 11.6 Å². The molecular weight excluding hydrogens is 386 g/mol. The van der Waals surface area contributed by atoms with Gasteiger partial charge in [-0.15, -0.1) is 11.3 Å². The highest BCUT2D eigenvalue weighted by Gasteiger charge is 2.24. The molecule has 1 aliphatic rings. The summed E-state index contributed by atoms with van der Waals surface area (Å²) in [6.45, 7) is 1.37. The van der Waals surface area contributed by atoms with Crippen molar-refractivity contribution in [1.29, 1.82) is 0 Å². The smallest absolute Gasteiger partial charge is 0.349 e. The van der Waals surface area contributed by atoms with Crippen molar-refractivity contribution in [1.82, 2.24) is 10.6 Å². The van der Waals surface area contributed by atoms with Crippen LogP contribution < -0.4 is 10.6 Å². The van der Waals surface area contributed by atoms with Gasteiger partial charge in [-0.1, -0.05) is 12.8 Å². The van der Waals surface area contributed by atoms with Gasteiger partial charge in [0.15, 0.2) is 6.10 Å². The Morgan fingerprint density at radius 3 is 2.64 bits per heavy atom. The van der Waals surface area contributed by atoms with E-state index in [0.717, 1.165) is 37.0 Å². The maximum Gasteiger partial charge on any atom is 0.349 e. The van der Waals surface area contributed by atoms with Gasteiger partial charge in [-0.2, -0.15) is 0 Å². The fourth-order valence-corrected chi connectivity index (χ4v) is 3.95. The number of benzene rings is 1. The van der Waals surface area contributed by atoms with E-state index in [0.29, 0.717) is 10.1 Å². The minimum Gasteiger partial charge on any atom is -0.448 e. The molecule has 0 unspecified atom stereocenters. The molecule has 1 fully saturated rings. The summed E-state index contributed by atoms with van der Waals surface area (Å²) in [6.07, 6.45) is 2.70. The number of urea groups is 1. The Balaban J connectivity index is 1.58. The number of hydrogen-bond acceptors (Lipinski definition) is 7. The molecule has 0 spiro atoms. The summed E-state index contributed by atoms with van der Waals surface area (Å²) in [4.78, 5) is 46.7. The van der Waals surface area contributed by atoms with Gasteiger partial charge in [0.2, 0.25) is 0 Å². The molecule has 1 aliphatic carbocycles. The molecule has 1 aromatic heterocycles. The normalized spacial score (nSPS) is 15.2. The van der Waals surface area contributed by atoms with E-state index >= 15 is 0 Å². The van der Waals surface area contributed by atoms with Crippen LogP contribution in [0.1, 0.15) is 42.3 Å². The number of rotatable bonds is 5. The maximum absolute atomic E-state index is 12.3. The molecular formula is C18H19N3O6S. The first-order valence-electron chi connectivity index (χ1n) is 8.84. The highest BCUT2D eigenvalue weighted by molar-refractivity contribution is 7.20. The summed E-state index contributed by atoms with van der Waals surface area (Å²) < 4.78 is 5.81. The highest BCUT2D eigenvalue weighted by atomic mass is 32.1. The van der Waals surface area contributed by atoms with E-state index in [1.54, 1.807) is 6.07 Å². The Morgan fingerprint density at radius 2 is 1.96 bits per heavy atom. The van der Waals surface area contributed by atoms with Crippen LogP contribution in [-0.4, -0.2) is 35.0 Å². The Hall–Kier alpha value is -3.01. The van der Waals surface area contributed by atoms with Gasteiger partial charge >= 0.3 is 12.0 Å². The standard InChI is InChI=1S/C18H19N3O6S/c1-10(16(22)20-18(24)19-12-4-2-3-5-12)27-17(23)15-9-11-8-13(21(25)26)6-7-14(11)28-15/h6-10,12H,2-5H2,1H3,(H2,19,20,22,24)/t10-/m1/s1. The summed E-state index contributed by atoms with van der Waals surface area (Å²) in [5.74, 6) is -1.46. The molecule has 1 atom stereocenters. The average molecular weight is 405 g/mol. The van der Waals surface area contributed by atoms with Crippen molar-refractivity contribution in [3.8, 4) is 0 Å². The lowest BCUT2D eigenvalue weighted by Gasteiger charge is -2.15. The van der Waals surface area contributed by atoms with E-state index in [2.05, 4.69) is 10.6 Å². The van der Waals surface area contributed by atoms with Crippen LogP contribution in [0.2, 0.25) is 0 Å². The SMILES string of the molecule is C[C@@H](OC(=O)c1cc2cc([N+](=O)[O-])ccc2s1)C(=O)NC(=O)NC1CCCC1. The lowest BCUT2D eigenvalue weighted by Crippen LogP contribution is -2.47. The highest BCUT2D eigenvalue weighted by Crippen LogP contribution is 2.29. The molecule has 0 saturated heterocycles. The second kappa shape index (κ2) is 8.34. The van der Waals surface area contributed by atoms with E-state index < -0.39 is 28.9 Å². The predicted octanol–water partition coefficient (Wildman–Crippen LogP) is 3.12. The molecule has 28 heavy (non-hydrogen) atoms. The molecule has 0 aliphatic heterocycles. The first-order valence-corrected chi connectivity index (χ1v) is 9.65. The first kappa shape index (κ1) is 19.7. The second-order valence-corrected chi connectivity index (χ2v) is 7.67. The quantitative estimate of drug-likeness (QED) is 0.447. The molecule has 1 saturated carbocycles. The summed E-state index contributed by atoms with van der Waals surface area (Å²) in [5.41, 5.74) is -0.0776. The minimum atomic E-state index is -1.17. The molecule has 9 nitrogen and oxygen atoms in total. The fourth-order valence-electron chi connectivity index (χ4n) is 3.02. The van der Waals surface area contributed by atoms with Crippen LogP contribution in [0.3, 0.4) is 0 Å². The monoisotopic (exact) mass is 405 g/mol. The lowest BCUT2D eigenvalue weighted by molar-refractivity contribution is -0.384. The number of hydrogen-bond donors (Lipinski definition) is 2. The van der Waals surface area contributed by atoms with Gasteiger partial charge in [0, 0.05) is 28.3 Å². The molecule has 10 heteroatoms. The maximum atomic E-state index is 12.3. The van der Waals surface area contributed by atoms with Gasteiger partial charge in [0.1, 0.15) is 4.88 Å². The van der Waals surface area contributed by atoms with Crippen molar-refractivity contribution >= 4 is 45.0 Å².